The Morgan fingerprint density at radius 1 is 1.00 bits per heavy atom. The van der Waals surface area contributed by atoms with Gasteiger partial charge in [0.25, 0.3) is 0 Å². The molecule has 1 aromatic heterocycles. The van der Waals surface area contributed by atoms with Crippen molar-refractivity contribution in [2.75, 3.05) is 0 Å². The molecule has 1 aromatic carbocycles. The first-order valence-corrected chi connectivity index (χ1v) is 4.80. The molecule has 0 radical (unpaired) electrons. The summed E-state index contributed by atoms with van der Waals surface area (Å²) >= 11 is 5.43. The van der Waals surface area contributed by atoms with Crippen LogP contribution in [0, 0.1) is 17.5 Å². The molecule has 0 aliphatic rings. The zero-order valence-corrected chi connectivity index (χ0v) is 9.00. The maximum atomic E-state index is 13.3. The standard InChI is InChI=1S/C10H2ClF6N/c11-3-1-6(10(15,16)17)18-5-2-4(12)8(13)9(14)7(3)5/h1-2H. The SMILES string of the molecule is Fc1cc2nc(C(F)(F)F)cc(Cl)c2c(F)c1F. The fourth-order valence-corrected chi connectivity index (χ4v) is 1.68. The third-order valence-electron chi connectivity index (χ3n) is 2.18. The van der Waals surface area contributed by atoms with Gasteiger partial charge in [-0.05, 0) is 6.07 Å². The summed E-state index contributed by atoms with van der Waals surface area (Å²) in [6.07, 6.45) is -4.82. The highest BCUT2D eigenvalue weighted by molar-refractivity contribution is 6.35. The van der Waals surface area contributed by atoms with E-state index < -0.39 is 45.2 Å². The molecule has 0 aliphatic heterocycles. The molecule has 0 aliphatic carbocycles. The predicted molar refractivity (Wildman–Crippen MR) is 51.6 cm³/mol. The third-order valence-corrected chi connectivity index (χ3v) is 2.47. The number of hydrogen-bond acceptors (Lipinski definition) is 1. The van der Waals surface area contributed by atoms with Crippen molar-refractivity contribution in [1.82, 2.24) is 4.98 Å². The summed E-state index contributed by atoms with van der Waals surface area (Å²) < 4.78 is 76.3. The third kappa shape index (κ3) is 1.98. The molecule has 0 N–H and O–H groups in total. The molecule has 0 spiro atoms. The van der Waals surface area contributed by atoms with Crippen molar-refractivity contribution in [2.24, 2.45) is 0 Å². The van der Waals surface area contributed by atoms with E-state index in [1.807, 2.05) is 0 Å². The van der Waals surface area contributed by atoms with Gasteiger partial charge in [-0.15, -0.1) is 0 Å². The summed E-state index contributed by atoms with van der Waals surface area (Å²) in [4.78, 5) is 3.01. The van der Waals surface area contributed by atoms with E-state index in [9.17, 15) is 26.3 Å². The summed E-state index contributed by atoms with van der Waals surface area (Å²) in [5, 5.41) is -1.38. The summed E-state index contributed by atoms with van der Waals surface area (Å²) in [5.74, 6) is -5.12. The molecule has 0 saturated heterocycles. The molecule has 1 heterocycles. The first-order valence-electron chi connectivity index (χ1n) is 4.42. The van der Waals surface area contributed by atoms with Gasteiger partial charge in [0.05, 0.1) is 15.9 Å². The van der Waals surface area contributed by atoms with Gasteiger partial charge in [0.15, 0.2) is 17.5 Å². The molecule has 0 bridgehead atoms. The van der Waals surface area contributed by atoms with E-state index in [4.69, 9.17) is 11.6 Å². The summed E-state index contributed by atoms with van der Waals surface area (Å²) in [6, 6.07) is 0.708. The van der Waals surface area contributed by atoms with Crippen molar-refractivity contribution < 1.29 is 26.3 Å². The van der Waals surface area contributed by atoms with Crippen molar-refractivity contribution >= 4 is 22.5 Å². The highest BCUT2D eigenvalue weighted by atomic mass is 35.5. The Hall–Kier alpha value is -1.50. The molecular weight excluding hydrogens is 284 g/mol. The number of alkyl halides is 3. The van der Waals surface area contributed by atoms with Gasteiger partial charge in [0, 0.05) is 6.07 Å². The number of aromatic nitrogens is 1. The summed E-state index contributed by atoms with van der Waals surface area (Å²) in [6.45, 7) is 0. The highest BCUT2D eigenvalue weighted by Gasteiger charge is 2.34. The van der Waals surface area contributed by atoms with E-state index >= 15 is 0 Å². The average molecular weight is 286 g/mol. The molecule has 2 aromatic rings. The average Bonchev–Trinajstić information content (AvgIpc) is 2.23. The molecule has 0 unspecified atom stereocenters. The van der Waals surface area contributed by atoms with Crippen molar-refractivity contribution in [3.8, 4) is 0 Å². The van der Waals surface area contributed by atoms with Gasteiger partial charge < -0.3 is 0 Å². The van der Waals surface area contributed by atoms with Crippen LogP contribution in [0.3, 0.4) is 0 Å². The van der Waals surface area contributed by atoms with E-state index in [2.05, 4.69) is 4.98 Å². The van der Waals surface area contributed by atoms with Crippen molar-refractivity contribution in [2.45, 2.75) is 6.18 Å². The Bertz CT molecular complexity index is 637. The van der Waals surface area contributed by atoms with Crippen LogP contribution in [0.1, 0.15) is 5.69 Å². The van der Waals surface area contributed by atoms with Crippen LogP contribution < -0.4 is 0 Å². The molecule has 2 rings (SSSR count). The van der Waals surface area contributed by atoms with Crippen molar-refractivity contribution in [1.29, 1.82) is 0 Å². The number of nitrogens with zero attached hydrogens (tertiary/aromatic N) is 1. The van der Waals surface area contributed by atoms with Gasteiger partial charge in [-0.2, -0.15) is 13.2 Å². The van der Waals surface area contributed by atoms with Crippen LogP contribution in [0.4, 0.5) is 26.3 Å². The lowest BCUT2D eigenvalue weighted by atomic mass is 10.1. The molecule has 0 amide bonds. The van der Waals surface area contributed by atoms with Crippen molar-refractivity contribution in [3.63, 3.8) is 0 Å². The first-order chi connectivity index (χ1) is 8.21. The minimum absolute atomic E-state index is 0.352. The molecule has 96 valence electrons. The minimum atomic E-state index is -4.82. The monoisotopic (exact) mass is 285 g/mol. The van der Waals surface area contributed by atoms with Gasteiger partial charge in [-0.1, -0.05) is 11.6 Å². The Balaban J connectivity index is 2.87. The number of fused-ring (bicyclic) bond motifs is 1. The van der Waals surface area contributed by atoms with Crippen LogP contribution in [-0.4, -0.2) is 4.98 Å². The highest BCUT2D eigenvalue weighted by Crippen LogP contribution is 2.34. The topological polar surface area (TPSA) is 12.9 Å². The smallest absolute Gasteiger partial charge is 0.243 e. The predicted octanol–water partition coefficient (Wildman–Crippen LogP) is 4.32. The fourth-order valence-electron chi connectivity index (χ4n) is 1.40. The number of hydrogen-bond donors (Lipinski definition) is 0. The molecule has 0 atom stereocenters. The van der Waals surface area contributed by atoms with E-state index in [1.54, 1.807) is 0 Å². The Labute approximate surface area is 101 Å². The van der Waals surface area contributed by atoms with Gasteiger partial charge >= 0.3 is 6.18 Å². The zero-order chi connectivity index (χ0) is 13.7. The fraction of sp³-hybridized carbons (Fsp3) is 0.100. The van der Waals surface area contributed by atoms with E-state index in [0.717, 1.165) is 0 Å². The van der Waals surface area contributed by atoms with Crippen LogP contribution in [0.2, 0.25) is 5.02 Å². The zero-order valence-electron chi connectivity index (χ0n) is 8.25. The molecular formula is C10H2ClF6N. The van der Waals surface area contributed by atoms with Crippen molar-refractivity contribution in [3.05, 3.63) is 40.3 Å². The van der Waals surface area contributed by atoms with Crippen LogP contribution in [0.15, 0.2) is 12.1 Å². The van der Waals surface area contributed by atoms with Crippen LogP contribution in [-0.2, 0) is 6.18 Å². The normalized spacial score (nSPS) is 12.2. The van der Waals surface area contributed by atoms with Gasteiger partial charge in [0.2, 0.25) is 0 Å². The van der Waals surface area contributed by atoms with Gasteiger partial charge in [-0.25, -0.2) is 18.2 Å². The Kier molecular flexibility index (Phi) is 2.89. The van der Waals surface area contributed by atoms with Crippen LogP contribution in [0.25, 0.3) is 10.9 Å². The van der Waals surface area contributed by atoms with Crippen LogP contribution >= 0.6 is 11.6 Å². The molecule has 0 saturated carbocycles. The van der Waals surface area contributed by atoms with Gasteiger partial charge in [-0.3, -0.25) is 0 Å². The van der Waals surface area contributed by atoms with E-state index in [0.29, 0.717) is 12.1 Å². The van der Waals surface area contributed by atoms with E-state index in [1.165, 1.54) is 0 Å². The summed E-state index contributed by atoms with van der Waals surface area (Å²) in [7, 11) is 0. The Morgan fingerprint density at radius 2 is 1.61 bits per heavy atom. The molecule has 1 nitrogen and oxygen atoms in total. The maximum absolute atomic E-state index is 13.3. The molecule has 8 heteroatoms. The lowest BCUT2D eigenvalue weighted by molar-refractivity contribution is -0.140. The van der Waals surface area contributed by atoms with E-state index in [-0.39, 0.29) is 0 Å². The molecule has 0 fully saturated rings. The Morgan fingerprint density at radius 3 is 2.17 bits per heavy atom. The lowest BCUT2D eigenvalue weighted by Gasteiger charge is -2.09. The lowest BCUT2D eigenvalue weighted by Crippen LogP contribution is -2.08. The second kappa shape index (κ2) is 4.01. The number of halogens is 7. The summed E-state index contributed by atoms with van der Waals surface area (Å²) in [5.41, 5.74) is -2.11. The second-order valence-electron chi connectivity index (χ2n) is 3.37. The second-order valence-corrected chi connectivity index (χ2v) is 3.77. The van der Waals surface area contributed by atoms with Gasteiger partial charge in [0.1, 0.15) is 5.69 Å². The largest absolute Gasteiger partial charge is 0.433 e. The first kappa shape index (κ1) is 12.9. The number of rotatable bonds is 0. The maximum Gasteiger partial charge on any atom is 0.433 e. The quantitative estimate of drug-likeness (QED) is 0.519. The van der Waals surface area contributed by atoms with Crippen LogP contribution in [0.5, 0.6) is 0 Å². The molecule has 18 heavy (non-hydrogen) atoms. The number of benzene rings is 1. The number of pyridine rings is 1. The minimum Gasteiger partial charge on any atom is -0.243 e.